The molecule has 0 bridgehead atoms. The van der Waals surface area contributed by atoms with Gasteiger partial charge in [0.1, 0.15) is 0 Å². The Bertz CT molecular complexity index is 95.5. The van der Waals surface area contributed by atoms with Crippen LogP contribution < -0.4 is 11.0 Å². The highest BCUT2D eigenvalue weighted by atomic mass is 35.5. The lowest BCUT2D eigenvalue weighted by molar-refractivity contribution is 0.0331. The van der Waals surface area contributed by atoms with Crippen LogP contribution >= 0.6 is 24.8 Å². The summed E-state index contributed by atoms with van der Waals surface area (Å²) in [5.41, 5.74) is 4.36. The van der Waals surface area contributed by atoms with Crippen LogP contribution in [-0.2, 0) is 0 Å². The first-order valence-corrected chi connectivity index (χ1v) is 3.67. The zero-order valence-corrected chi connectivity index (χ0v) is 8.33. The van der Waals surface area contributed by atoms with Crippen LogP contribution in [-0.4, -0.2) is 22.5 Å². The van der Waals surface area contributed by atoms with Gasteiger partial charge < -0.3 is 10.4 Å². The summed E-state index contributed by atoms with van der Waals surface area (Å²) in [5, 5.41) is 17.2. The van der Waals surface area contributed by atoms with Gasteiger partial charge in [-0.2, -0.15) is 0 Å². The Labute approximate surface area is 84.5 Å². The lowest BCUT2D eigenvalue weighted by Crippen LogP contribution is -2.47. The molecule has 76 valence electrons. The Morgan fingerprint density at radius 1 is 0.833 bits per heavy atom. The van der Waals surface area contributed by atoms with Crippen LogP contribution in [0.4, 0.5) is 0 Å². The fraction of sp³-hybridized carbons (Fsp3) is 1.00. The van der Waals surface area contributed by atoms with Gasteiger partial charge in [-0.3, -0.25) is 0 Å². The Morgan fingerprint density at radius 3 is 1.42 bits per heavy atom. The molecule has 1 fully saturated rings. The van der Waals surface area contributed by atoms with Crippen molar-refractivity contribution < 1.29 is 10.4 Å². The molecule has 0 amide bonds. The highest BCUT2D eigenvalue weighted by Gasteiger charge is 2.23. The highest BCUT2D eigenvalue weighted by Crippen LogP contribution is 2.17. The summed E-state index contributed by atoms with van der Waals surface area (Å²) in [6.07, 6.45) is 4.09. The topological polar surface area (TPSA) is 64.5 Å². The van der Waals surface area contributed by atoms with Crippen LogP contribution in [0.5, 0.6) is 0 Å². The Kier molecular flexibility index (Phi) is 9.99. The quantitative estimate of drug-likeness (QED) is 0.525. The molecule has 12 heavy (non-hydrogen) atoms. The van der Waals surface area contributed by atoms with Crippen LogP contribution in [0.25, 0.3) is 0 Å². The molecular formula is C6H16Cl2N2O2. The predicted octanol–water partition coefficient (Wildman–Crippen LogP) is 1.10. The fourth-order valence-corrected chi connectivity index (χ4v) is 1.44. The molecule has 0 aromatic carbocycles. The highest BCUT2D eigenvalue weighted by molar-refractivity contribution is 5.85. The Morgan fingerprint density at radius 2 is 1.17 bits per heavy atom. The molecule has 0 radical (unpaired) electrons. The molecule has 0 aromatic heterocycles. The molecule has 1 aliphatic rings. The maximum atomic E-state index is 8.59. The molecule has 0 aliphatic heterocycles. The SMILES string of the molecule is Cl.Cl.ON[C@@H]1CCCC[C@H]1NO. The van der Waals surface area contributed by atoms with Crippen molar-refractivity contribution in [1.82, 2.24) is 11.0 Å². The largest absolute Gasteiger partial charge is 0.316 e. The van der Waals surface area contributed by atoms with Gasteiger partial charge in [0.15, 0.2) is 0 Å². The van der Waals surface area contributed by atoms with Crippen LogP contribution in [0.2, 0.25) is 0 Å². The first kappa shape index (κ1) is 14.9. The van der Waals surface area contributed by atoms with Crippen LogP contribution in [0.15, 0.2) is 0 Å². The maximum Gasteiger partial charge on any atom is 0.0495 e. The van der Waals surface area contributed by atoms with Crippen LogP contribution in [0, 0.1) is 0 Å². The average Bonchev–Trinajstić information content (AvgIpc) is 2.04. The number of halogens is 2. The monoisotopic (exact) mass is 218 g/mol. The molecule has 4 N–H and O–H groups in total. The average molecular weight is 219 g/mol. The van der Waals surface area contributed by atoms with Crippen molar-refractivity contribution in [1.29, 1.82) is 0 Å². The van der Waals surface area contributed by atoms with E-state index in [9.17, 15) is 0 Å². The number of hydroxylamine groups is 2. The van der Waals surface area contributed by atoms with E-state index < -0.39 is 0 Å². The molecule has 0 saturated heterocycles. The zero-order valence-electron chi connectivity index (χ0n) is 6.69. The summed E-state index contributed by atoms with van der Waals surface area (Å²) in [6.45, 7) is 0. The minimum absolute atomic E-state index is 0. The van der Waals surface area contributed by atoms with E-state index in [1.807, 2.05) is 0 Å². The molecule has 1 aliphatic carbocycles. The third kappa shape index (κ3) is 3.89. The summed E-state index contributed by atoms with van der Waals surface area (Å²) in [6, 6.07) is 0.0255. The summed E-state index contributed by atoms with van der Waals surface area (Å²) >= 11 is 0. The standard InChI is InChI=1S/C6H14N2O2.2ClH/c9-7-5-3-1-2-4-6(5)8-10;;/h5-10H,1-4H2;2*1H/t5-,6-;;/m1../s1. The fourth-order valence-electron chi connectivity index (χ4n) is 1.44. The van der Waals surface area contributed by atoms with Crippen molar-refractivity contribution in [2.24, 2.45) is 0 Å². The van der Waals surface area contributed by atoms with Crippen LogP contribution in [0.3, 0.4) is 0 Å². The van der Waals surface area contributed by atoms with Gasteiger partial charge in [0, 0.05) is 12.1 Å². The van der Waals surface area contributed by atoms with Gasteiger partial charge in [-0.15, -0.1) is 24.8 Å². The first-order chi connectivity index (χ1) is 4.88. The molecule has 0 unspecified atom stereocenters. The molecule has 1 saturated carbocycles. The van der Waals surface area contributed by atoms with E-state index >= 15 is 0 Å². The Balaban J connectivity index is 0. The van der Waals surface area contributed by atoms with Crippen molar-refractivity contribution in [3.63, 3.8) is 0 Å². The van der Waals surface area contributed by atoms with E-state index in [-0.39, 0.29) is 36.9 Å². The number of hydrogen-bond acceptors (Lipinski definition) is 4. The maximum absolute atomic E-state index is 8.59. The summed E-state index contributed by atoms with van der Waals surface area (Å²) < 4.78 is 0. The van der Waals surface area contributed by atoms with E-state index in [1.165, 1.54) is 0 Å². The second kappa shape index (κ2) is 8.04. The van der Waals surface area contributed by atoms with E-state index in [4.69, 9.17) is 10.4 Å². The molecule has 0 aromatic rings. The minimum Gasteiger partial charge on any atom is -0.316 e. The molecule has 6 heteroatoms. The molecule has 0 spiro atoms. The van der Waals surface area contributed by atoms with E-state index in [0.29, 0.717) is 0 Å². The van der Waals surface area contributed by atoms with Gasteiger partial charge in [0.05, 0.1) is 0 Å². The number of rotatable bonds is 2. The van der Waals surface area contributed by atoms with Gasteiger partial charge in [-0.1, -0.05) is 12.8 Å². The second-order valence-corrected chi connectivity index (χ2v) is 2.76. The third-order valence-electron chi connectivity index (χ3n) is 2.10. The molecule has 4 nitrogen and oxygen atoms in total. The van der Waals surface area contributed by atoms with E-state index in [2.05, 4.69) is 11.0 Å². The van der Waals surface area contributed by atoms with Crippen molar-refractivity contribution >= 4 is 24.8 Å². The van der Waals surface area contributed by atoms with Gasteiger partial charge >= 0.3 is 0 Å². The minimum atomic E-state index is 0. The van der Waals surface area contributed by atoms with E-state index in [0.717, 1.165) is 25.7 Å². The number of nitrogens with one attached hydrogen (secondary N) is 2. The van der Waals surface area contributed by atoms with Gasteiger partial charge in [0.25, 0.3) is 0 Å². The smallest absolute Gasteiger partial charge is 0.0495 e. The summed E-state index contributed by atoms with van der Waals surface area (Å²) in [7, 11) is 0. The van der Waals surface area contributed by atoms with Crippen molar-refractivity contribution in [3.05, 3.63) is 0 Å². The Hall–Kier alpha value is 0.420. The first-order valence-electron chi connectivity index (χ1n) is 3.67. The second-order valence-electron chi connectivity index (χ2n) is 2.76. The normalized spacial score (nSPS) is 28.5. The van der Waals surface area contributed by atoms with E-state index in [1.54, 1.807) is 0 Å². The molecule has 2 atom stereocenters. The molecule has 1 rings (SSSR count). The zero-order chi connectivity index (χ0) is 7.40. The predicted molar refractivity (Wildman–Crippen MR) is 50.4 cm³/mol. The molecular weight excluding hydrogens is 203 g/mol. The van der Waals surface area contributed by atoms with Crippen LogP contribution in [0.1, 0.15) is 25.7 Å². The van der Waals surface area contributed by atoms with Crippen molar-refractivity contribution in [2.45, 2.75) is 37.8 Å². The third-order valence-corrected chi connectivity index (χ3v) is 2.10. The lowest BCUT2D eigenvalue weighted by Gasteiger charge is -2.28. The van der Waals surface area contributed by atoms with Gasteiger partial charge in [-0.05, 0) is 12.8 Å². The number of hydrogen-bond donors (Lipinski definition) is 4. The van der Waals surface area contributed by atoms with Gasteiger partial charge in [-0.25, -0.2) is 11.0 Å². The molecule has 0 heterocycles. The summed E-state index contributed by atoms with van der Waals surface area (Å²) in [5.74, 6) is 0. The van der Waals surface area contributed by atoms with Crippen molar-refractivity contribution in [3.8, 4) is 0 Å². The van der Waals surface area contributed by atoms with Gasteiger partial charge in [0.2, 0.25) is 0 Å². The summed E-state index contributed by atoms with van der Waals surface area (Å²) in [4.78, 5) is 0. The lowest BCUT2D eigenvalue weighted by atomic mass is 9.91. The van der Waals surface area contributed by atoms with Crippen molar-refractivity contribution in [2.75, 3.05) is 0 Å².